The Morgan fingerprint density at radius 3 is 1.96 bits per heavy atom. The van der Waals surface area contributed by atoms with Crippen LogP contribution in [0.4, 0.5) is 0 Å². The Balaban J connectivity index is 0.0000122. The summed E-state index contributed by atoms with van der Waals surface area (Å²) in [6.45, 7) is 19.8. The highest BCUT2D eigenvalue weighted by molar-refractivity contribution is 7.88. The Morgan fingerprint density at radius 2 is 1.40 bits per heavy atom. The van der Waals surface area contributed by atoms with Gasteiger partial charge in [-0.3, -0.25) is 9.59 Å². The number of unbranched alkanes of at least 4 members (excludes halogenated alkanes) is 4. The van der Waals surface area contributed by atoms with Gasteiger partial charge < -0.3 is 76.2 Å². The van der Waals surface area contributed by atoms with Crippen molar-refractivity contribution >= 4 is 29.7 Å². The fraction of sp³-hybridized carbons (Fsp3) is 0.759. The van der Waals surface area contributed by atoms with E-state index in [4.69, 9.17) is 28.4 Å². The van der Waals surface area contributed by atoms with Gasteiger partial charge in [-0.1, -0.05) is 70.0 Å². The van der Waals surface area contributed by atoms with Crippen molar-refractivity contribution in [1.29, 1.82) is 0 Å². The molecule has 0 unspecified atom stereocenters. The highest BCUT2D eigenvalue weighted by Crippen LogP contribution is 2.53. The lowest BCUT2D eigenvalue weighted by molar-refractivity contribution is -0.318. The van der Waals surface area contributed by atoms with Crippen LogP contribution in [0.2, 0.25) is 0 Å². The van der Waals surface area contributed by atoms with E-state index in [1.807, 2.05) is 32.8 Å². The Kier molecular flexibility index (Phi) is 24.5. The zero-order valence-electron chi connectivity index (χ0n) is 47.6. The van der Waals surface area contributed by atoms with Gasteiger partial charge in [0.1, 0.15) is 30.0 Å². The molecule has 5 rings (SSSR count). The summed E-state index contributed by atoms with van der Waals surface area (Å²) in [7, 11) is 3.67. The average molecular weight is 1100 g/mol. The molecule has 3 saturated heterocycles. The van der Waals surface area contributed by atoms with Gasteiger partial charge >= 0.3 is 5.97 Å². The largest absolute Gasteiger partial charge is 1.00 e. The number of hydrogen-bond acceptors (Lipinski definition) is 14. The molecule has 17 heteroatoms. The van der Waals surface area contributed by atoms with Crippen molar-refractivity contribution in [3.63, 3.8) is 0 Å². The van der Waals surface area contributed by atoms with Crippen LogP contribution in [0, 0.1) is 17.8 Å². The second-order valence-electron chi connectivity index (χ2n) is 23.4. The van der Waals surface area contributed by atoms with Gasteiger partial charge in [-0.2, -0.15) is 0 Å². The number of ether oxygens (including phenoxy) is 6. The number of likely N-dealkylation sites (N-methyl/N-ethyl adjacent to an activating group) is 1. The number of rotatable bonds is 17. The third-order valence-electron chi connectivity index (χ3n) is 16.9. The molecule has 0 bridgehead atoms. The predicted octanol–water partition coefficient (Wildman–Crippen LogP) is 3.44. The molecule has 0 aliphatic carbocycles. The average Bonchev–Trinajstić information content (AvgIpc) is 3.36. The normalized spacial score (nSPS) is 37.7. The molecule has 3 fully saturated rings. The van der Waals surface area contributed by atoms with Crippen molar-refractivity contribution in [3.8, 4) is 0 Å². The first kappa shape index (κ1) is 65.2. The Morgan fingerprint density at radius 1 is 0.827 bits per heavy atom. The van der Waals surface area contributed by atoms with E-state index < -0.39 is 109 Å². The van der Waals surface area contributed by atoms with Gasteiger partial charge in [-0.15, -0.1) is 0 Å². The molecule has 428 valence electrons. The number of carbonyl (C=O) groups is 2. The number of carbonyl (C=O) groups excluding carboxylic acids is 2. The third kappa shape index (κ3) is 15.9. The maximum Gasteiger partial charge on any atom is 0.311 e. The number of hydrogen-bond donors (Lipinski definition) is 5. The fourth-order valence-electron chi connectivity index (χ4n) is 12.1. The van der Waals surface area contributed by atoms with Crippen molar-refractivity contribution in [1.82, 2.24) is 9.80 Å². The Bertz CT molecular complexity index is 2000. The van der Waals surface area contributed by atoms with Crippen LogP contribution >= 0.6 is 7.26 Å². The summed E-state index contributed by atoms with van der Waals surface area (Å²) >= 11 is 0. The van der Waals surface area contributed by atoms with Crippen LogP contribution in [0.3, 0.4) is 0 Å². The molecule has 0 spiro atoms. The monoisotopic (exact) mass is 1090 g/mol. The van der Waals surface area contributed by atoms with E-state index in [0.717, 1.165) is 31.8 Å². The van der Waals surface area contributed by atoms with Gasteiger partial charge in [0, 0.05) is 38.5 Å². The van der Waals surface area contributed by atoms with Crippen molar-refractivity contribution < 1.29 is 75.9 Å². The zero-order chi connectivity index (χ0) is 54.9. The second-order valence-corrected chi connectivity index (χ2v) is 27.2. The van der Waals surface area contributed by atoms with Crippen LogP contribution in [-0.4, -0.2) is 178 Å². The number of aliphatic hydroxyl groups excluding tert-OH is 3. The Labute approximate surface area is 456 Å². The van der Waals surface area contributed by atoms with Crippen molar-refractivity contribution in [3.05, 3.63) is 60.7 Å². The smallest absolute Gasteiger partial charge is 0.311 e. The molecular weight excluding hydrogens is 999 g/mol. The minimum atomic E-state index is -2.01. The molecule has 3 aliphatic heterocycles. The molecule has 0 radical (unpaired) electrons. The number of benzene rings is 2. The van der Waals surface area contributed by atoms with Gasteiger partial charge in [0.05, 0.1) is 78.3 Å². The SMILES string of the molecule is CC[C@H]1OC(=O)[C@H](C)[C@@H](O[C@H]2C[C@@](C)(OC)[C@@H](O)[C@H](C)O2)[C@H](C)[C@@H](O[C@@H]2O[C@H](C)C[C@H](N(C)C)[C@H]2O)[C@](C)(O)C[C@@H](C)CN(C(=O)CCCCCCC[P+](C)(c2ccccc2)c2ccccc2)[C@H](C)[C@@H](O)[C@]1(C)O.[Cl-]. The molecule has 2 aromatic rings. The van der Waals surface area contributed by atoms with E-state index in [1.54, 1.807) is 53.4 Å². The topological polar surface area (TPSA) is 197 Å². The lowest BCUT2D eigenvalue weighted by atomic mass is 9.77. The lowest BCUT2D eigenvalue weighted by Gasteiger charge is -2.48. The molecule has 0 aromatic heterocycles. The number of esters is 1. The molecule has 0 saturated carbocycles. The number of nitrogens with zero attached hydrogens (tertiary/aromatic N) is 2. The van der Waals surface area contributed by atoms with E-state index in [0.29, 0.717) is 12.8 Å². The first-order chi connectivity index (χ1) is 34.7. The lowest BCUT2D eigenvalue weighted by Crippen LogP contribution is -3.00. The zero-order valence-corrected chi connectivity index (χ0v) is 49.3. The first-order valence-corrected chi connectivity index (χ1v) is 29.9. The van der Waals surface area contributed by atoms with Crippen molar-refractivity contribution in [2.75, 3.05) is 40.6 Å². The molecule has 3 heterocycles. The Hall–Kier alpha value is -2.34. The van der Waals surface area contributed by atoms with Crippen molar-refractivity contribution in [2.24, 2.45) is 17.8 Å². The summed E-state index contributed by atoms with van der Waals surface area (Å²) < 4.78 is 38.2. The molecule has 15 nitrogen and oxygen atoms in total. The van der Waals surface area contributed by atoms with Gasteiger partial charge in [0.2, 0.25) is 5.91 Å². The summed E-state index contributed by atoms with van der Waals surface area (Å²) in [5.41, 5.74) is -4.79. The minimum Gasteiger partial charge on any atom is -1.00 e. The van der Waals surface area contributed by atoms with Gasteiger partial charge in [0.15, 0.2) is 12.6 Å². The number of halogens is 1. The van der Waals surface area contributed by atoms with Crippen LogP contribution in [0.1, 0.15) is 133 Å². The van der Waals surface area contributed by atoms with Gasteiger partial charge in [0.25, 0.3) is 0 Å². The number of cyclic esters (lactones) is 1. The minimum absolute atomic E-state index is 0. The fourth-order valence-corrected chi connectivity index (χ4v) is 15.5. The molecule has 1 amide bonds. The maximum atomic E-state index is 14.6. The molecule has 2 aromatic carbocycles. The molecular formula is C58H96ClN2O13P. The highest BCUT2D eigenvalue weighted by Gasteiger charge is 2.53. The number of aliphatic hydroxyl groups is 5. The van der Waals surface area contributed by atoms with E-state index in [1.165, 1.54) is 24.6 Å². The van der Waals surface area contributed by atoms with Crippen LogP contribution < -0.4 is 23.0 Å². The first-order valence-electron chi connectivity index (χ1n) is 27.5. The van der Waals surface area contributed by atoms with Crippen molar-refractivity contribution in [2.45, 2.75) is 224 Å². The summed E-state index contributed by atoms with van der Waals surface area (Å²) in [5, 5.41) is 63.1. The van der Waals surface area contributed by atoms with Crippen LogP contribution in [0.25, 0.3) is 0 Å². The maximum absolute atomic E-state index is 14.6. The highest BCUT2D eigenvalue weighted by atomic mass is 35.5. The molecule has 3 aliphatic rings. The molecule has 5 N–H and O–H groups in total. The summed E-state index contributed by atoms with van der Waals surface area (Å²) in [5.74, 6) is -3.27. The third-order valence-corrected chi connectivity index (χ3v) is 21.0. The van der Waals surface area contributed by atoms with E-state index in [9.17, 15) is 35.1 Å². The van der Waals surface area contributed by atoms with Crippen LogP contribution in [-0.2, 0) is 38.0 Å². The van der Waals surface area contributed by atoms with E-state index in [-0.39, 0.29) is 62.7 Å². The second kappa shape index (κ2) is 28.2. The van der Waals surface area contributed by atoms with Crippen LogP contribution in [0.15, 0.2) is 60.7 Å². The quantitative estimate of drug-likeness (QED) is 0.0878. The van der Waals surface area contributed by atoms with Crippen LogP contribution in [0.5, 0.6) is 0 Å². The van der Waals surface area contributed by atoms with Gasteiger partial charge in [-0.25, -0.2) is 0 Å². The molecule has 75 heavy (non-hydrogen) atoms. The number of methoxy groups -OCH3 is 1. The summed E-state index contributed by atoms with van der Waals surface area (Å²) in [6, 6.07) is 20.3. The number of amides is 1. The molecule has 18 atom stereocenters. The summed E-state index contributed by atoms with van der Waals surface area (Å²) in [6.07, 6.45) is -3.64. The standard InChI is InChI=1S/C58H96N2O13P.ClH/c1-15-46-58(10,67)51(63)41(6)60(47(61)31-25-17-16-18-26-32-74(14,43-27-21-19-22-28-43)44-29-23-20-24-30-44)36-37(2)34-56(8,66)53(73-55-49(62)45(59(11)12)33-38(3)69-55)39(4)50(40(5)54(65)71-46)72-48-35-57(9,68-13)52(64)42(7)70-48;/h19-24,27-30,37-42,45-46,48-53,55,62-64,66-67H,15-18,25-26,31-36H2,1-14H3;1H/q+1;/p-1/t37-,38-,39+,40-,41-,42+,45+,46-,48+,49-,50+,51-,52+,53-,55+,56-,57-,58-;/m1./s1. The van der Waals surface area contributed by atoms with E-state index >= 15 is 0 Å². The van der Waals surface area contributed by atoms with Gasteiger partial charge in [-0.05, 0) is 131 Å². The van der Waals surface area contributed by atoms with E-state index in [2.05, 4.69) is 67.3 Å². The predicted molar refractivity (Wildman–Crippen MR) is 291 cm³/mol. The summed E-state index contributed by atoms with van der Waals surface area (Å²) in [4.78, 5) is 32.8.